The van der Waals surface area contributed by atoms with Gasteiger partial charge >= 0.3 is 0 Å². The average Bonchev–Trinajstić information content (AvgIpc) is 2.82. The second-order valence-corrected chi connectivity index (χ2v) is 5.99. The first-order valence-electron chi connectivity index (χ1n) is 7.46. The van der Waals surface area contributed by atoms with Crippen molar-refractivity contribution in [3.8, 4) is 5.75 Å². The molecule has 1 aliphatic rings. The van der Waals surface area contributed by atoms with E-state index in [1.165, 1.54) is 30.4 Å². The molecule has 19 heavy (non-hydrogen) atoms. The number of hydrogen-bond acceptors (Lipinski definition) is 2. The zero-order chi connectivity index (χ0) is 13.8. The van der Waals surface area contributed by atoms with Gasteiger partial charge in [0.25, 0.3) is 0 Å². The van der Waals surface area contributed by atoms with Crippen LogP contribution in [0, 0.1) is 18.8 Å². The van der Waals surface area contributed by atoms with Crippen molar-refractivity contribution in [3.05, 3.63) is 29.3 Å². The van der Waals surface area contributed by atoms with Crippen LogP contribution in [-0.2, 0) is 6.42 Å². The van der Waals surface area contributed by atoms with Crippen molar-refractivity contribution in [2.24, 2.45) is 11.8 Å². The number of hydrogen-bond donors (Lipinski definition) is 1. The molecule has 2 heteroatoms. The Balaban J connectivity index is 2.15. The van der Waals surface area contributed by atoms with Gasteiger partial charge in [-0.3, -0.25) is 0 Å². The Bertz CT molecular complexity index is 416. The second kappa shape index (κ2) is 6.42. The Morgan fingerprint density at radius 2 is 2.16 bits per heavy atom. The number of likely N-dealkylation sites (N-methyl/N-ethyl adjacent to an activating group) is 1. The molecule has 1 aromatic carbocycles. The highest BCUT2D eigenvalue weighted by Crippen LogP contribution is 2.35. The molecule has 106 valence electrons. The van der Waals surface area contributed by atoms with E-state index in [0.29, 0.717) is 6.04 Å². The average molecular weight is 261 g/mol. The first-order valence-corrected chi connectivity index (χ1v) is 7.46. The van der Waals surface area contributed by atoms with Crippen molar-refractivity contribution in [1.82, 2.24) is 5.32 Å². The third-order valence-electron chi connectivity index (χ3n) is 4.69. The summed E-state index contributed by atoms with van der Waals surface area (Å²) in [6, 6.07) is 7.04. The highest BCUT2D eigenvalue weighted by molar-refractivity contribution is 5.37. The lowest BCUT2D eigenvalue weighted by molar-refractivity contribution is 0.305. The molecule has 0 heterocycles. The van der Waals surface area contributed by atoms with E-state index in [1.54, 1.807) is 7.11 Å². The van der Waals surface area contributed by atoms with Crippen LogP contribution in [0.3, 0.4) is 0 Å². The summed E-state index contributed by atoms with van der Waals surface area (Å²) < 4.78 is 5.51. The summed E-state index contributed by atoms with van der Waals surface area (Å²) in [5.74, 6) is 2.67. The molecule has 0 radical (unpaired) electrons. The summed E-state index contributed by atoms with van der Waals surface area (Å²) in [7, 11) is 3.86. The maximum Gasteiger partial charge on any atom is 0.122 e. The zero-order valence-corrected chi connectivity index (χ0v) is 12.7. The Morgan fingerprint density at radius 1 is 1.37 bits per heavy atom. The van der Waals surface area contributed by atoms with Crippen LogP contribution in [0.1, 0.15) is 37.3 Å². The maximum absolute atomic E-state index is 5.51. The van der Waals surface area contributed by atoms with Gasteiger partial charge in [-0.15, -0.1) is 0 Å². The maximum atomic E-state index is 5.51. The largest absolute Gasteiger partial charge is 0.496 e. The molecule has 0 bridgehead atoms. The molecule has 0 spiro atoms. The lowest BCUT2D eigenvalue weighted by atomic mass is 9.86. The lowest BCUT2D eigenvalue weighted by Crippen LogP contribution is -2.37. The van der Waals surface area contributed by atoms with Crippen molar-refractivity contribution in [2.45, 2.75) is 45.6 Å². The summed E-state index contributed by atoms with van der Waals surface area (Å²) in [5, 5.41) is 3.54. The molecule has 3 unspecified atom stereocenters. The Hall–Kier alpha value is -1.02. The summed E-state index contributed by atoms with van der Waals surface area (Å²) in [6.45, 7) is 4.55. The summed E-state index contributed by atoms with van der Waals surface area (Å²) in [4.78, 5) is 0. The van der Waals surface area contributed by atoms with E-state index in [-0.39, 0.29) is 0 Å². The lowest BCUT2D eigenvalue weighted by Gasteiger charge is -2.27. The third kappa shape index (κ3) is 3.30. The molecule has 1 aliphatic carbocycles. The standard InChI is InChI=1S/C17H27NO/c1-12-8-9-17(19-4)14(10-12)11-16(18-3)15-7-5-6-13(15)2/h8-10,13,15-16,18H,5-7,11H2,1-4H3. The predicted octanol–water partition coefficient (Wildman–Crippen LogP) is 3.57. The number of rotatable bonds is 5. The molecule has 1 N–H and O–H groups in total. The van der Waals surface area contributed by atoms with Gasteiger partial charge in [-0.1, -0.05) is 37.5 Å². The molecule has 1 aromatic rings. The van der Waals surface area contributed by atoms with Gasteiger partial charge in [0, 0.05) is 6.04 Å². The Labute approximate surface area is 117 Å². The van der Waals surface area contributed by atoms with E-state index in [0.717, 1.165) is 24.0 Å². The number of benzene rings is 1. The van der Waals surface area contributed by atoms with Crippen LogP contribution in [-0.4, -0.2) is 20.2 Å². The molecule has 3 atom stereocenters. The minimum absolute atomic E-state index is 0.563. The number of nitrogens with one attached hydrogen (secondary N) is 1. The first kappa shape index (κ1) is 14.4. The third-order valence-corrected chi connectivity index (χ3v) is 4.69. The number of aryl methyl sites for hydroxylation is 1. The van der Waals surface area contributed by atoms with Crippen molar-refractivity contribution < 1.29 is 4.74 Å². The van der Waals surface area contributed by atoms with Crippen LogP contribution in [0.15, 0.2) is 18.2 Å². The van der Waals surface area contributed by atoms with Crippen molar-refractivity contribution in [2.75, 3.05) is 14.2 Å². The molecule has 2 nitrogen and oxygen atoms in total. The van der Waals surface area contributed by atoms with E-state index >= 15 is 0 Å². The summed E-state index contributed by atoms with van der Waals surface area (Å²) >= 11 is 0. The van der Waals surface area contributed by atoms with Gasteiger partial charge in [-0.25, -0.2) is 0 Å². The molecule has 1 saturated carbocycles. The topological polar surface area (TPSA) is 21.3 Å². The van der Waals surface area contributed by atoms with Crippen LogP contribution >= 0.6 is 0 Å². The highest BCUT2D eigenvalue weighted by Gasteiger charge is 2.30. The zero-order valence-electron chi connectivity index (χ0n) is 12.7. The summed E-state index contributed by atoms with van der Waals surface area (Å²) in [6.07, 6.45) is 5.19. The minimum Gasteiger partial charge on any atom is -0.496 e. The van der Waals surface area contributed by atoms with Gasteiger partial charge < -0.3 is 10.1 Å². The normalized spacial score (nSPS) is 24.4. The van der Waals surface area contributed by atoms with Gasteiger partial charge in [-0.2, -0.15) is 0 Å². The van der Waals surface area contributed by atoms with Crippen LogP contribution in [0.5, 0.6) is 5.75 Å². The molecule has 0 aromatic heterocycles. The fourth-order valence-corrected chi connectivity index (χ4v) is 3.54. The molecule has 0 saturated heterocycles. The fourth-order valence-electron chi connectivity index (χ4n) is 3.54. The van der Waals surface area contributed by atoms with E-state index in [9.17, 15) is 0 Å². The van der Waals surface area contributed by atoms with Crippen LogP contribution in [0.25, 0.3) is 0 Å². The molecule has 0 amide bonds. The second-order valence-electron chi connectivity index (χ2n) is 5.99. The minimum atomic E-state index is 0.563. The van der Waals surface area contributed by atoms with Crippen molar-refractivity contribution in [3.63, 3.8) is 0 Å². The Kier molecular flexibility index (Phi) is 4.87. The quantitative estimate of drug-likeness (QED) is 0.875. The smallest absolute Gasteiger partial charge is 0.122 e. The fraction of sp³-hybridized carbons (Fsp3) is 0.647. The van der Waals surface area contributed by atoms with E-state index < -0.39 is 0 Å². The van der Waals surface area contributed by atoms with Gasteiger partial charge in [0.15, 0.2) is 0 Å². The van der Waals surface area contributed by atoms with Crippen LogP contribution in [0.4, 0.5) is 0 Å². The van der Waals surface area contributed by atoms with Crippen molar-refractivity contribution >= 4 is 0 Å². The molecule has 2 rings (SSSR count). The van der Waals surface area contributed by atoms with Gasteiger partial charge in [0.1, 0.15) is 5.75 Å². The van der Waals surface area contributed by atoms with Gasteiger partial charge in [-0.05, 0) is 50.3 Å². The van der Waals surface area contributed by atoms with Gasteiger partial charge in [0.2, 0.25) is 0 Å². The van der Waals surface area contributed by atoms with E-state index in [1.807, 2.05) is 0 Å². The van der Waals surface area contributed by atoms with Crippen molar-refractivity contribution in [1.29, 1.82) is 0 Å². The Morgan fingerprint density at radius 3 is 2.74 bits per heavy atom. The first-order chi connectivity index (χ1) is 9.15. The SMILES string of the molecule is CNC(Cc1cc(C)ccc1OC)C1CCCC1C. The van der Waals surface area contributed by atoms with E-state index in [4.69, 9.17) is 4.74 Å². The van der Waals surface area contributed by atoms with Gasteiger partial charge in [0.05, 0.1) is 7.11 Å². The molecule has 1 fully saturated rings. The molecular weight excluding hydrogens is 234 g/mol. The van der Waals surface area contributed by atoms with Crippen LogP contribution in [0.2, 0.25) is 0 Å². The molecular formula is C17H27NO. The molecule has 0 aliphatic heterocycles. The predicted molar refractivity (Wildman–Crippen MR) is 80.8 cm³/mol. The van der Waals surface area contributed by atoms with E-state index in [2.05, 4.69) is 44.4 Å². The monoisotopic (exact) mass is 261 g/mol. The van der Waals surface area contributed by atoms with Crippen LogP contribution < -0.4 is 10.1 Å². The summed E-state index contributed by atoms with van der Waals surface area (Å²) in [5.41, 5.74) is 2.64. The number of methoxy groups -OCH3 is 1. The highest BCUT2D eigenvalue weighted by atomic mass is 16.5. The number of ether oxygens (including phenoxy) is 1.